The summed E-state index contributed by atoms with van der Waals surface area (Å²) in [5.41, 5.74) is 2.79. The number of nitrogens with one attached hydrogen (secondary N) is 2. The Balaban J connectivity index is 1.64. The Hall–Kier alpha value is -3.93. The lowest BCUT2D eigenvalue weighted by molar-refractivity contribution is -0.111. The van der Waals surface area contributed by atoms with Crippen molar-refractivity contribution in [3.8, 4) is 18.1 Å². The summed E-state index contributed by atoms with van der Waals surface area (Å²) >= 11 is 0. The average Bonchev–Trinajstić information content (AvgIpc) is 3.40. The number of terminal acetylenes is 1. The molecule has 2 heterocycles. The van der Waals surface area contributed by atoms with Gasteiger partial charge in [-0.1, -0.05) is 31.9 Å². The maximum atomic E-state index is 12.8. The quantitative estimate of drug-likeness (QED) is 0.326. The molecule has 1 amide bonds. The van der Waals surface area contributed by atoms with E-state index >= 15 is 0 Å². The van der Waals surface area contributed by atoms with E-state index < -0.39 is 0 Å². The molecule has 0 radical (unpaired) electrons. The third kappa shape index (κ3) is 6.39. The monoisotopic (exact) mass is 485 g/mol. The predicted molar refractivity (Wildman–Crippen MR) is 143 cm³/mol. The van der Waals surface area contributed by atoms with Gasteiger partial charge in [0.25, 0.3) is 0 Å². The summed E-state index contributed by atoms with van der Waals surface area (Å²) in [4.78, 5) is 23.9. The number of carbonyl (C=O) groups excluding carboxylic acids is 1. The molecule has 2 N–H and O–H groups in total. The fourth-order valence-electron chi connectivity index (χ4n) is 3.95. The number of nitrogens with zero attached hydrogens (tertiary/aromatic N) is 3. The van der Waals surface area contributed by atoms with Crippen molar-refractivity contribution >= 4 is 34.0 Å². The number of ether oxygens (including phenoxy) is 2. The predicted octanol–water partition coefficient (Wildman–Crippen LogP) is 4.36. The zero-order valence-corrected chi connectivity index (χ0v) is 20.7. The second-order valence-corrected chi connectivity index (χ2v) is 8.42. The van der Waals surface area contributed by atoms with Crippen LogP contribution >= 0.6 is 0 Å². The van der Waals surface area contributed by atoms with Crippen LogP contribution in [0.15, 0.2) is 54.9 Å². The lowest BCUT2D eigenvalue weighted by Crippen LogP contribution is -2.23. The fraction of sp³-hybridized carbons (Fsp3) is 0.321. The smallest absolute Gasteiger partial charge is 0.248 e. The van der Waals surface area contributed by atoms with Gasteiger partial charge in [0.05, 0.1) is 24.4 Å². The first-order chi connectivity index (χ1) is 17.6. The Kier molecular flexibility index (Phi) is 8.50. The van der Waals surface area contributed by atoms with Crippen molar-refractivity contribution in [3.05, 3.63) is 60.4 Å². The number of hydrogen-bond donors (Lipinski definition) is 2. The molecular weight excluding hydrogens is 454 g/mol. The topological polar surface area (TPSA) is 88.6 Å². The number of aromatic nitrogens is 2. The van der Waals surface area contributed by atoms with E-state index in [0.717, 1.165) is 36.1 Å². The van der Waals surface area contributed by atoms with Gasteiger partial charge < -0.3 is 25.0 Å². The molecule has 0 spiro atoms. The van der Waals surface area contributed by atoms with Gasteiger partial charge in [-0.3, -0.25) is 4.79 Å². The zero-order valence-electron chi connectivity index (χ0n) is 20.7. The molecule has 1 fully saturated rings. The summed E-state index contributed by atoms with van der Waals surface area (Å²) in [5, 5.41) is 7.03. The van der Waals surface area contributed by atoms with Gasteiger partial charge in [-0.05, 0) is 37.4 Å². The Labute approximate surface area is 211 Å². The van der Waals surface area contributed by atoms with Crippen molar-refractivity contribution in [2.45, 2.75) is 26.4 Å². The first-order valence-corrected chi connectivity index (χ1v) is 12.2. The van der Waals surface area contributed by atoms with Crippen molar-refractivity contribution in [1.29, 1.82) is 0 Å². The van der Waals surface area contributed by atoms with E-state index in [1.165, 1.54) is 6.33 Å². The lowest BCUT2D eigenvalue weighted by Gasteiger charge is -2.18. The highest BCUT2D eigenvalue weighted by Gasteiger charge is 2.20. The van der Waals surface area contributed by atoms with Gasteiger partial charge in [0.15, 0.2) is 0 Å². The zero-order chi connectivity index (χ0) is 25.3. The minimum absolute atomic E-state index is 0.0813. The lowest BCUT2D eigenvalue weighted by atomic mass is 10.1. The van der Waals surface area contributed by atoms with Crippen molar-refractivity contribution in [2.75, 3.05) is 43.5 Å². The molecule has 36 heavy (non-hydrogen) atoms. The van der Waals surface area contributed by atoms with Gasteiger partial charge in [-0.25, -0.2) is 9.97 Å². The standard InChI is InChI=1S/C28H31N5O3/c1-4-20-9-7-10-21(15-20)31-28-23-16-25(32-27(34)11-8-13-33(5-2)6-3)26(17-24(23)29-19-30-28)36-22-12-14-35-18-22/h1,7-11,15-17,19,22H,5-6,12-14,18H2,2-3H3,(H,32,34)(H,29,30,31)/t22-/m1/s1. The van der Waals surface area contributed by atoms with Crippen LogP contribution in [-0.2, 0) is 9.53 Å². The number of rotatable bonds is 10. The van der Waals surface area contributed by atoms with Crippen molar-refractivity contribution < 1.29 is 14.3 Å². The van der Waals surface area contributed by atoms with Crippen LogP contribution in [0.2, 0.25) is 0 Å². The third-order valence-electron chi connectivity index (χ3n) is 6.00. The number of hydrogen-bond acceptors (Lipinski definition) is 7. The SMILES string of the molecule is C#Cc1cccc(Nc2ncnc3cc(O[C@@H]4CCOC4)c(NC(=O)C=CCN(CC)CC)cc23)c1. The molecule has 4 rings (SSSR count). The molecule has 2 aromatic carbocycles. The molecule has 8 nitrogen and oxygen atoms in total. The van der Waals surface area contributed by atoms with Crippen LogP contribution in [0.1, 0.15) is 25.8 Å². The Morgan fingerprint density at radius 1 is 1.28 bits per heavy atom. The number of amides is 1. The molecule has 0 aliphatic carbocycles. The summed E-state index contributed by atoms with van der Waals surface area (Å²) in [6.07, 6.45) is 11.2. The van der Waals surface area contributed by atoms with Gasteiger partial charge in [-0.15, -0.1) is 6.42 Å². The largest absolute Gasteiger partial charge is 0.486 e. The van der Waals surface area contributed by atoms with E-state index in [1.54, 1.807) is 6.08 Å². The first-order valence-electron chi connectivity index (χ1n) is 12.2. The molecule has 1 saturated heterocycles. The highest BCUT2D eigenvalue weighted by molar-refractivity contribution is 6.03. The molecule has 186 valence electrons. The van der Waals surface area contributed by atoms with E-state index in [-0.39, 0.29) is 12.0 Å². The number of likely N-dealkylation sites (N-methyl/N-ethyl adjacent to an activating group) is 1. The minimum atomic E-state index is -0.234. The Morgan fingerprint density at radius 3 is 2.89 bits per heavy atom. The summed E-state index contributed by atoms with van der Waals surface area (Å²) < 4.78 is 11.7. The molecule has 1 aromatic heterocycles. The van der Waals surface area contributed by atoms with E-state index in [2.05, 4.69) is 45.3 Å². The second-order valence-electron chi connectivity index (χ2n) is 8.42. The van der Waals surface area contributed by atoms with E-state index in [4.69, 9.17) is 15.9 Å². The second kappa shape index (κ2) is 12.2. The summed E-state index contributed by atoms with van der Waals surface area (Å²) in [7, 11) is 0. The molecule has 3 aromatic rings. The molecule has 1 aliphatic rings. The highest BCUT2D eigenvalue weighted by Crippen LogP contribution is 2.34. The van der Waals surface area contributed by atoms with Gasteiger partial charge in [0.1, 0.15) is 24.0 Å². The Bertz CT molecular complexity index is 1270. The molecule has 0 saturated carbocycles. The molecular formula is C28H31N5O3. The molecule has 1 atom stereocenters. The number of benzene rings is 2. The van der Waals surface area contributed by atoms with Crippen LogP contribution in [-0.4, -0.2) is 59.7 Å². The summed E-state index contributed by atoms with van der Waals surface area (Å²) in [5.74, 6) is 3.54. The first kappa shape index (κ1) is 25.2. The van der Waals surface area contributed by atoms with Gasteiger partial charge >= 0.3 is 0 Å². The van der Waals surface area contributed by atoms with Gasteiger partial charge in [-0.2, -0.15) is 0 Å². The average molecular weight is 486 g/mol. The third-order valence-corrected chi connectivity index (χ3v) is 6.00. The van der Waals surface area contributed by atoms with Crippen LogP contribution in [0.3, 0.4) is 0 Å². The Morgan fingerprint density at radius 2 is 2.14 bits per heavy atom. The molecule has 0 bridgehead atoms. The van der Waals surface area contributed by atoms with E-state index in [9.17, 15) is 4.79 Å². The van der Waals surface area contributed by atoms with E-state index in [0.29, 0.717) is 42.5 Å². The van der Waals surface area contributed by atoms with Crippen molar-refractivity contribution in [2.24, 2.45) is 0 Å². The molecule has 0 unspecified atom stereocenters. The summed E-state index contributed by atoms with van der Waals surface area (Å²) in [6.45, 7) is 7.92. The molecule has 8 heteroatoms. The maximum absolute atomic E-state index is 12.8. The van der Waals surface area contributed by atoms with E-state index in [1.807, 2.05) is 42.5 Å². The minimum Gasteiger partial charge on any atom is -0.486 e. The summed E-state index contributed by atoms with van der Waals surface area (Å²) in [6, 6.07) is 11.2. The van der Waals surface area contributed by atoms with Crippen LogP contribution in [0.5, 0.6) is 5.75 Å². The van der Waals surface area contributed by atoms with Crippen LogP contribution in [0.4, 0.5) is 17.2 Å². The van der Waals surface area contributed by atoms with Crippen LogP contribution in [0, 0.1) is 12.3 Å². The number of fused-ring (bicyclic) bond motifs is 1. The normalized spacial score (nSPS) is 15.3. The molecule has 1 aliphatic heterocycles. The number of carbonyl (C=O) groups is 1. The number of anilines is 3. The van der Waals surface area contributed by atoms with Crippen LogP contribution < -0.4 is 15.4 Å². The highest BCUT2D eigenvalue weighted by atomic mass is 16.5. The van der Waals surface area contributed by atoms with Crippen LogP contribution in [0.25, 0.3) is 10.9 Å². The van der Waals surface area contributed by atoms with Crippen molar-refractivity contribution in [1.82, 2.24) is 14.9 Å². The maximum Gasteiger partial charge on any atom is 0.248 e. The fourth-order valence-corrected chi connectivity index (χ4v) is 3.95. The van der Waals surface area contributed by atoms with Gasteiger partial charge in [0, 0.05) is 41.7 Å². The van der Waals surface area contributed by atoms with Crippen molar-refractivity contribution in [3.63, 3.8) is 0 Å². The van der Waals surface area contributed by atoms with Gasteiger partial charge in [0.2, 0.25) is 5.91 Å².